The van der Waals surface area contributed by atoms with Gasteiger partial charge in [-0.2, -0.15) is 35.9 Å². The summed E-state index contributed by atoms with van der Waals surface area (Å²) < 4.78 is 6.99. The predicted molar refractivity (Wildman–Crippen MR) is 124 cm³/mol. The molecule has 2 aromatic carbocycles. The Kier molecular flexibility index (Phi) is 13.5. The third-order valence-electron chi connectivity index (χ3n) is 4.20. The molecule has 0 aliphatic carbocycles. The Hall–Kier alpha value is -0.981. The zero-order chi connectivity index (χ0) is 21.1. The number of ketones is 1. The Bertz CT molecular complexity index is 809. The largest absolute Gasteiger partial charge is 0.659 e. The van der Waals surface area contributed by atoms with Gasteiger partial charge in [-0.1, -0.05) is 41.6 Å². The topological polar surface area (TPSA) is 60.6 Å². The Morgan fingerprint density at radius 3 is 2.73 bits per heavy atom. The average molecular weight is 715 g/mol. The van der Waals surface area contributed by atoms with Crippen LogP contribution in [-0.4, -0.2) is 30.1 Å². The van der Waals surface area contributed by atoms with Gasteiger partial charge in [0.2, 0.25) is 0 Å². The number of nitrogens with zero attached hydrogens (tertiary/aromatic N) is 1. The summed E-state index contributed by atoms with van der Waals surface area (Å²) in [5.41, 5.74) is 1.30. The Balaban J connectivity index is 0.000000295. The molecule has 165 valence electrons. The Morgan fingerprint density at radius 1 is 1.30 bits per heavy atom. The maximum atomic E-state index is 10.7. The van der Waals surface area contributed by atoms with Gasteiger partial charge in [0.15, 0.2) is 5.78 Å². The maximum Gasteiger partial charge on any atom is 0.156 e. The third kappa shape index (κ3) is 10.9. The number of piperidine rings is 1. The quantitative estimate of drug-likeness (QED) is 0.209. The van der Waals surface area contributed by atoms with Crippen molar-refractivity contribution in [3.63, 3.8) is 0 Å². The van der Waals surface area contributed by atoms with Gasteiger partial charge in [0.1, 0.15) is 18.1 Å². The number of rotatable bonds is 6. The van der Waals surface area contributed by atoms with Crippen molar-refractivity contribution in [3.05, 3.63) is 80.2 Å². The van der Waals surface area contributed by atoms with E-state index in [0.29, 0.717) is 11.8 Å². The monoisotopic (exact) mass is 714 g/mol. The molecule has 1 aliphatic rings. The third-order valence-corrected chi connectivity index (χ3v) is 5.35. The van der Waals surface area contributed by atoms with E-state index in [1.807, 2.05) is 24.3 Å². The molecule has 3 rings (SSSR count). The number of hydrogen-bond acceptors (Lipinski definition) is 3. The number of carbonyl (C=O) groups is 1. The fraction of sp³-hybridized carbons (Fsp3) is 0.348. The molecule has 4 nitrogen and oxygen atoms in total. The molecule has 0 saturated carbocycles. The first kappa shape index (κ1) is 27.1. The van der Waals surface area contributed by atoms with Crippen LogP contribution < -0.4 is 4.74 Å². The summed E-state index contributed by atoms with van der Waals surface area (Å²) in [6.07, 6.45) is 6.12. The first-order valence-electron chi connectivity index (χ1n) is 9.54. The summed E-state index contributed by atoms with van der Waals surface area (Å²) >= 11 is 6.63. The van der Waals surface area contributed by atoms with Gasteiger partial charge in [0.25, 0.3) is 0 Å². The molecule has 1 aliphatic heterocycles. The molecule has 0 amide bonds. The molecule has 0 spiro atoms. The number of hydrogen-bond donors (Lipinski definition) is 1. The van der Waals surface area contributed by atoms with Crippen molar-refractivity contribution in [2.45, 2.75) is 38.6 Å². The van der Waals surface area contributed by atoms with Crippen molar-refractivity contribution >= 4 is 37.6 Å². The molecule has 7 heteroatoms. The summed E-state index contributed by atoms with van der Waals surface area (Å²) in [6.45, 7) is 2.40. The normalized spacial score (nSPS) is 16.0. The Morgan fingerprint density at radius 2 is 2.10 bits per heavy atom. The number of benzene rings is 2. The maximum absolute atomic E-state index is 10.7. The second-order valence-corrected chi connectivity index (χ2v) is 8.53. The van der Waals surface area contributed by atoms with Gasteiger partial charge < -0.3 is 15.2 Å². The molecule has 1 N–H and O–H groups in total. The summed E-state index contributed by atoms with van der Waals surface area (Å²) in [5, 5.41) is 13.9. The van der Waals surface area contributed by atoms with Crippen LogP contribution in [0.5, 0.6) is 5.75 Å². The van der Waals surface area contributed by atoms with Crippen LogP contribution in [0, 0.1) is 6.07 Å². The van der Waals surface area contributed by atoms with E-state index in [0.717, 1.165) is 28.0 Å². The van der Waals surface area contributed by atoms with Gasteiger partial charge in [-0.3, -0.25) is 4.79 Å². The van der Waals surface area contributed by atoms with E-state index in [2.05, 4.69) is 55.4 Å². The van der Waals surface area contributed by atoms with Crippen molar-refractivity contribution < 1.29 is 34.7 Å². The van der Waals surface area contributed by atoms with Crippen LogP contribution in [0.15, 0.2) is 63.2 Å². The van der Waals surface area contributed by atoms with Crippen molar-refractivity contribution in [2.75, 3.05) is 13.2 Å². The van der Waals surface area contributed by atoms with Crippen LogP contribution in [0.25, 0.3) is 5.32 Å². The molecule has 30 heavy (non-hydrogen) atoms. The molecule has 0 aromatic heterocycles. The van der Waals surface area contributed by atoms with Crippen molar-refractivity contribution in [1.82, 2.24) is 0 Å². The van der Waals surface area contributed by atoms with Gasteiger partial charge in [-0.05, 0) is 41.1 Å². The van der Waals surface area contributed by atoms with Crippen LogP contribution in [0.1, 0.15) is 31.7 Å². The van der Waals surface area contributed by atoms with Gasteiger partial charge in [-0.25, -0.2) is 0 Å². The zero-order valence-corrected chi connectivity index (χ0v) is 22.3. The van der Waals surface area contributed by atoms with E-state index in [-0.39, 0.29) is 38.3 Å². The average Bonchev–Trinajstić information content (AvgIpc) is 2.70. The first-order valence-corrected chi connectivity index (χ1v) is 11.1. The molecule has 1 saturated heterocycles. The van der Waals surface area contributed by atoms with Crippen LogP contribution in [0.2, 0.25) is 0 Å². The zero-order valence-electron chi connectivity index (χ0n) is 16.7. The van der Waals surface area contributed by atoms with Crippen LogP contribution in [0.4, 0.5) is 0 Å². The molecule has 0 bridgehead atoms. The van der Waals surface area contributed by atoms with Gasteiger partial charge in [-0.15, -0.1) is 12.6 Å². The molecular weight excluding hydrogens is 690 g/mol. The minimum absolute atomic E-state index is 0. The van der Waals surface area contributed by atoms with Gasteiger partial charge in [0, 0.05) is 30.7 Å². The van der Waals surface area contributed by atoms with E-state index < -0.39 is 0 Å². The Labute approximate surface area is 209 Å². The SMILES string of the molecule is CC(=O)/C=C(\O)COc1cc(Br)ccc1Br.[Ir].[c-]1ccccc1CC1CCCC[N-]1. The van der Waals surface area contributed by atoms with Crippen molar-refractivity contribution in [2.24, 2.45) is 0 Å². The number of aliphatic hydroxyl groups is 1. The summed E-state index contributed by atoms with van der Waals surface area (Å²) in [5.74, 6) is 0.284. The fourth-order valence-electron chi connectivity index (χ4n) is 2.85. The molecule has 1 heterocycles. The van der Waals surface area contributed by atoms with E-state index in [9.17, 15) is 9.90 Å². The summed E-state index contributed by atoms with van der Waals surface area (Å²) in [4.78, 5) is 10.7. The van der Waals surface area contributed by atoms with Crippen molar-refractivity contribution in [3.8, 4) is 5.75 Å². The van der Waals surface area contributed by atoms with Crippen LogP contribution >= 0.6 is 31.9 Å². The summed E-state index contributed by atoms with van der Waals surface area (Å²) in [6, 6.07) is 17.5. The predicted octanol–water partition coefficient (Wildman–Crippen LogP) is 6.57. The number of aliphatic hydroxyl groups excluding tert-OH is 1. The molecule has 1 fully saturated rings. The number of halogens is 2. The van der Waals surface area contributed by atoms with Crippen LogP contribution in [0.3, 0.4) is 0 Å². The van der Waals surface area contributed by atoms with E-state index in [1.54, 1.807) is 6.07 Å². The fourth-order valence-corrected chi connectivity index (χ4v) is 3.55. The minimum atomic E-state index is -0.214. The molecular formula is C23H25Br2IrNO3-2. The van der Waals surface area contributed by atoms with E-state index >= 15 is 0 Å². The standard InChI is InChI=1S/C12H15N.C11H10Br2O3.Ir/c1-2-6-11(7-3-1)10-12-8-4-5-9-13-12;1-7(14)4-9(15)6-16-11-5-8(12)2-3-10(11)13;/h1-3,6,12H,4-5,8-10H2;2-5,15H,6H2,1H3;/q-2;;/b;9-4-;. The van der Waals surface area contributed by atoms with Gasteiger partial charge >= 0.3 is 0 Å². The van der Waals surface area contributed by atoms with Crippen molar-refractivity contribution in [1.29, 1.82) is 0 Å². The van der Waals surface area contributed by atoms with E-state index in [4.69, 9.17) is 4.74 Å². The first-order chi connectivity index (χ1) is 13.9. The smallest absolute Gasteiger partial charge is 0.156 e. The minimum Gasteiger partial charge on any atom is -0.659 e. The molecule has 2 aromatic rings. The molecule has 1 unspecified atom stereocenters. The summed E-state index contributed by atoms with van der Waals surface area (Å²) in [7, 11) is 0. The number of carbonyl (C=O) groups excluding carboxylic acids is 1. The van der Waals surface area contributed by atoms with E-state index in [1.165, 1.54) is 31.7 Å². The van der Waals surface area contributed by atoms with Gasteiger partial charge in [0.05, 0.1) is 4.47 Å². The second-order valence-electron chi connectivity index (χ2n) is 6.76. The second kappa shape index (κ2) is 14.9. The van der Waals surface area contributed by atoms with Crippen LogP contribution in [-0.2, 0) is 31.3 Å². The number of ether oxygens (including phenoxy) is 1. The molecule has 1 radical (unpaired) electrons. The molecule has 1 atom stereocenters. The number of allylic oxidation sites excluding steroid dienone is 1.